The van der Waals surface area contributed by atoms with Crippen LogP contribution in [0.5, 0.6) is 0 Å². The first kappa shape index (κ1) is 12.6. The summed E-state index contributed by atoms with van der Waals surface area (Å²) in [5, 5.41) is 11.3. The number of fused-ring (bicyclic) bond motifs is 3. The summed E-state index contributed by atoms with van der Waals surface area (Å²) >= 11 is 0. The molecule has 0 aliphatic rings. The zero-order valence-electron chi connectivity index (χ0n) is 11.8. The van der Waals surface area contributed by atoms with Crippen LogP contribution in [0.4, 0.5) is 0 Å². The van der Waals surface area contributed by atoms with Crippen LogP contribution in [0.2, 0.25) is 0 Å². The highest BCUT2D eigenvalue weighted by atomic mass is 16.4. The lowest BCUT2D eigenvalue weighted by molar-refractivity contribution is 0.0661. The topological polar surface area (TPSA) is 68.3 Å². The number of hydrogen-bond donors (Lipinski definition) is 1. The van der Waals surface area contributed by atoms with Gasteiger partial charge < -0.3 is 14.1 Å². The van der Waals surface area contributed by atoms with E-state index in [0.717, 1.165) is 27.5 Å². The van der Waals surface area contributed by atoms with Crippen molar-refractivity contribution in [1.82, 2.24) is 9.55 Å². The Bertz CT molecular complexity index is 974. The highest BCUT2D eigenvalue weighted by Gasteiger charge is 2.20. The molecule has 0 atom stereocenters. The second-order valence-electron chi connectivity index (χ2n) is 5.13. The summed E-state index contributed by atoms with van der Waals surface area (Å²) in [6, 6.07) is 9.89. The van der Waals surface area contributed by atoms with Crippen LogP contribution >= 0.6 is 0 Å². The Labute approximate surface area is 125 Å². The van der Waals surface area contributed by atoms with Gasteiger partial charge in [-0.05, 0) is 19.1 Å². The zero-order chi connectivity index (χ0) is 15.3. The fourth-order valence-corrected chi connectivity index (χ4v) is 2.91. The SMILES string of the molecule is Cc1c(-n2c3ccccc3c3cnccc32)coc1C(=O)O. The van der Waals surface area contributed by atoms with E-state index >= 15 is 0 Å². The van der Waals surface area contributed by atoms with Crippen LogP contribution in [-0.4, -0.2) is 20.6 Å². The molecule has 1 N–H and O–H groups in total. The fraction of sp³-hybridized carbons (Fsp3) is 0.0588. The first-order valence-electron chi connectivity index (χ1n) is 6.83. The van der Waals surface area contributed by atoms with Crippen LogP contribution in [-0.2, 0) is 0 Å². The molecule has 0 unspecified atom stereocenters. The van der Waals surface area contributed by atoms with Gasteiger partial charge in [0.1, 0.15) is 6.26 Å². The lowest BCUT2D eigenvalue weighted by atomic mass is 10.2. The van der Waals surface area contributed by atoms with E-state index in [9.17, 15) is 9.90 Å². The first-order valence-corrected chi connectivity index (χ1v) is 6.83. The number of para-hydroxylation sites is 1. The molecule has 1 aromatic carbocycles. The molecule has 0 amide bonds. The number of furan rings is 1. The van der Waals surface area contributed by atoms with E-state index in [1.165, 1.54) is 6.26 Å². The van der Waals surface area contributed by atoms with Gasteiger partial charge in [-0.1, -0.05) is 18.2 Å². The van der Waals surface area contributed by atoms with Crippen LogP contribution in [0.1, 0.15) is 16.1 Å². The summed E-state index contributed by atoms with van der Waals surface area (Å²) in [7, 11) is 0. The minimum atomic E-state index is -1.06. The molecule has 3 aromatic heterocycles. The quantitative estimate of drug-likeness (QED) is 0.610. The van der Waals surface area contributed by atoms with E-state index < -0.39 is 5.97 Å². The largest absolute Gasteiger partial charge is 0.475 e. The van der Waals surface area contributed by atoms with E-state index in [-0.39, 0.29) is 5.76 Å². The molecule has 0 fully saturated rings. The number of carboxylic acids is 1. The van der Waals surface area contributed by atoms with Crippen molar-refractivity contribution in [2.75, 3.05) is 0 Å². The smallest absolute Gasteiger partial charge is 0.372 e. The number of pyridine rings is 1. The van der Waals surface area contributed by atoms with E-state index in [2.05, 4.69) is 4.98 Å². The second-order valence-corrected chi connectivity index (χ2v) is 5.13. The van der Waals surface area contributed by atoms with Crippen molar-refractivity contribution in [3.05, 3.63) is 60.3 Å². The molecule has 0 spiro atoms. The van der Waals surface area contributed by atoms with Crippen molar-refractivity contribution in [2.45, 2.75) is 6.92 Å². The number of rotatable bonds is 2. The summed E-state index contributed by atoms with van der Waals surface area (Å²) in [5.41, 5.74) is 3.30. The molecule has 0 aliphatic heterocycles. The Hall–Kier alpha value is -3.08. The van der Waals surface area contributed by atoms with Crippen molar-refractivity contribution >= 4 is 27.8 Å². The molecular formula is C17H12N2O3. The predicted molar refractivity (Wildman–Crippen MR) is 82.5 cm³/mol. The molecule has 0 aliphatic carbocycles. The molecule has 4 aromatic rings. The summed E-state index contributed by atoms with van der Waals surface area (Å²) in [6.45, 7) is 1.75. The Balaban J connectivity index is 2.15. The molecule has 0 radical (unpaired) electrons. The van der Waals surface area contributed by atoms with Crippen LogP contribution in [0.25, 0.3) is 27.5 Å². The molecular weight excluding hydrogens is 280 g/mol. The average molecular weight is 292 g/mol. The van der Waals surface area contributed by atoms with Gasteiger partial charge in [0, 0.05) is 28.7 Å². The van der Waals surface area contributed by atoms with Gasteiger partial charge in [0.2, 0.25) is 5.76 Å². The molecule has 108 valence electrons. The van der Waals surface area contributed by atoms with Gasteiger partial charge in [-0.3, -0.25) is 4.98 Å². The number of hydrogen-bond acceptors (Lipinski definition) is 3. The Morgan fingerprint density at radius 2 is 1.95 bits per heavy atom. The van der Waals surface area contributed by atoms with Crippen LogP contribution in [0, 0.1) is 6.92 Å². The predicted octanol–water partition coefficient (Wildman–Crippen LogP) is 3.78. The maximum Gasteiger partial charge on any atom is 0.372 e. The Morgan fingerprint density at radius 3 is 2.73 bits per heavy atom. The van der Waals surface area contributed by atoms with Gasteiger partial charge in [0.15, 0.2) is 0 Å². The third-order valence-electron chi connectivity index (χ3n) is 3.92. The molecule has 3 heterocycles. The van der Waals surface area contributed by atoms with Crippen molar-refractivity contribution in [1.29, 1.82) is 0 Å². The van der Waals surface area contributed by atoms with E-state index in [4.69, 9.17) is 4.42 Å². The van der Waals surface area contributed by atoms with Crippen molar-refractivity contribution in [2.24, 2.45) is 0 Å². The molecule has 0 bridgehead atoms. The fourth-order valence-electron chi connectivity index (χ4n) is 2.91. The normalized spacial score (nSPS) is 11.3. The number of benzene rings is 1. The Morgan fingerprint density at radius 1 is 1.18 bits per heavy atom. The van der Waals surface area contributed by atoms with Crippen molar-refractivity contribution in [3.8, 4) is 5.69 Å². The monoisotopic (exact) mass is 292 g/mol. The maximum absolute atomic E-state index is 11.2. The molecule has 0 saturated heterocycles. The van der Waals surface area contributed by atoms with Crippen molar-refractivity contribution in [3.63, 3.8) is 0 Å². The standard InChI is InChI=1S/C17H12N2O3/c1-10-15(9-22-16(10)17(20)21)19-13-5-3-2-4-11(13)12-8-18-7-6-14(12)19/h2-9H,1H3,(H,20,21). The van der Waals surface area contributed by atoms with Gasteiger partial charge in [-0.15, -0.1) is 0 Å². The Kier molecular flexibility index (Phi) is 2.56. The summed E-state index contributed by atoms with van der Waals surface area (Å²) in [6.07, 6.45) is 5.04. The summed E-state index contributed by atoms with van der Waals surface area (Å²) in [5.74, 6) is -1.10. The van der Waals surface area contributed by atoms with Crippen LogP contribution in [0.3, 0.4) is 0 Å². The third-order valence-corrected chi connectivity index (χ3v) is 3.92. The van der Waals surface area contributed by atoms with E-state index in [1.54, 1.807) is 13.1 Å². The number of carbonyl (C=O) groups is 1. The number of aromatic nitrogens is 2. The number of nitrogens with zero attached hydrogens (tertiary/aromatic N) is 2. The molecule has 0 saturated carbocycles. The molecule has 5 heteroatoms. The van der Waals surface area contributed by atoms with Crippen molar-refractivity contribution < 1.29 is 14.3 Å². The summed E-state index contributed by atoms with van der Waals surface area (Å²) < 4.78 is 7.25. The lowest BCUT2D eigenvalue weighted by Crippen LogP contribution is -1.99. The molecule has 5 nitrogen and oxygen atoms in total. The van der Waals surface area contributed by atoms with Gasteiger partial charge in [-0.2, -0.15) is 0 Å². The highest BCUT2D eigenvalue weighted by molar-refractivity contribution is 6.09. The maximum atomic E-state index is 11.2. The average Bonchev–Trinajstić information content (AvgIpc) is 3.05. The van der Waals surface area contributed by atoms with Crippen LogP contribution < -0.4 is 0 Å². The van der Waals surface area contributed by atoms with Gasteiger partial charge in [-0.25, -0.2) is 4.79 Å². The molecule has 22 heavy (non-hydrogen) atoms. The highest BCUT2D eigenvalue weighted by Crippen LogP contribution is 2.33. The van der Waals surface area contributed by atoms with E-state index in [0.29, 0.717) is 5.56 Å². The van der Waals surface area contributed by atoms with E-state index in [1.807, 2.05) is 41.1 Å². The number of aromatic carboxylic acids is 1. The molecule has 4 rings (SSSR count). The minimum Gasteiger partial charge on any atom is -0.475 e. The second kappa shape index (κ2) is 4.46. The summed E-state index contributed by atoms with van der Waals surface area (Å²) in [4.78, 5) is 15.4. The number of carboxylic acid groups (broad SMARTS) is 1. The van der Waals surface area contributed by atoms with Gasteiger partial charge in [0.05, 0.1) is 16.7 Å². The minimum absolute atomic E-state index is 0.0324. The van der Waals surface area contributed by atoms with Crippen LogP contribution in [0.15, 0.2) is 53.4 Å². The zero-order valence-corrected chi connectivity index (χ0v) is 11.8. The third kappa shape index (κ3) is 1.59. The first-order chi connectivity index (χ1) is 10.7. The van der Waals surface area contributed by atoms with Gasteiger partial charge >= 0.3 is 5.97 Å². The van der Waals surface area contributed by atoms with Gasteiger partial charge in [0.25, 0.3) is 0 Å². The lowest BCUT2D eigenvalue weighted by Gasteiger charge is -2.05.